The molecule has 1 heterocycles. The standard InChI is InChI=1S/C12H25N3/c1-9(13)11-7-6-10(14-11)8-15(5)12(2,3)4/h10-11,14H,1,6-8,13H2,2-5H3. The molecule has 2 unspecified atom stereocenters. The molecular weight excluding hydrogens is 186 g/mol. The minimum atomic E-state index is 0.236. The van der Waals surface area contributed by atoms with Gasteiger partial charge in [0.05, 0.1) is 0 Å². The minimum absolute atomic E-state index is 0.236. The fourth-order valence-corrected chi connectivity index (χ4v) is 1.86. The van der Waals surface area contributed by atoms with Gasteiger partial charge >= 0.3 is 0 Å². The number of hydrogen-bond acceptors (Lipinski definition) is 3. The van der Waals surface area contributed by atoms with Crippen LogP contribution in [-0.4, -0.2) is 36.1 Å². The van der Waals surface area contributed by atoms with Gasteiger partial charge in [0, 0.05) is 29.9 Å². The molecule has 3 heteroatoms. The van der Waals surface area contributed by atoms with Crippen LogP contribution in [0.1, 0.15) is 33.6 Å². The van der Waals surface area contributed by atoms with Gasteiger partial charge in [-0.05, 0) is 40.7 Å². The van der Waals surface area contributed by atoms with Crippen LogP contribution in [0.15, 0.2) is 12.3 Å². The van der Waals surface area contributed by atoms with E-state index in [0.29, 0.717) is 12.1 Å². The van der Waals surface area contributed by atoms with Crippen LogP contribution in [0.4, 0.5) is 0 Å². The highest BCUT2D eigenvalue weighted by molar-refractivity contribution is 5.05. The summed E-state index contributed by atoms with van der Waals surface area (Å²) < 4.78 is 0. The lowest BCUT2D eigenvalue weighted by Gasteiger charge is -2.34. The van der Waals surface area contributed by atoms with Crippen LogP contribution in [0.25, 0.3) is 0 Å². The Morgan fingerprint density at radius 3 is 2.47 bits per heavy atom. The van der Waals surface area contributed by atoms with E-state index in [0.717, 1.165) is 18.7 Å². The van der Waals surface area contributed by atoms with Gasteiger partial charge in [0.2, 0.25) is 0 Å². The molecule has 0 bridgehead atoms. The molecule has 0 amide bonds. The second-order valence-electron chi connectivity index (χ2n) is 5.62. The zero-order valence-electron chi connectivity index (χ0n) is 10.5. The Labute approximate surface area is 93.7 Å². The van der Waals surface area contributed by atoms with Gasteiger partial charge in [-0.15, -0.1) is 0 Å². The molecule has 3 N–H and O–H groups in total. The SMILES string of the molecule is C=C(N)C1CCC(CN(C)C(C)(C)C)N1. The molecule has 1 rings (SSSR count). The quantitative estimate of drug-likeness (QED) is 0.739. The van der Waals surface area contributed by atoms with E-state index in [9.17, 15) is 0 Å². The van der Waals surface area contributed by atoms with E-state index in [2.05, 4.69) is 44.6 Å². The van der Waals surface area contributed by atoms with Crippen molar-refractivity contribution in [1.82, 2.24) is 10.2 Å². The van der Waals surface area contributed by atoms with Crippen LogP contribution in [0.2, 0.25) is 0 Å². The molecule has 0 aromatic rings. The number of hydrogen-bond donors (Lipinski definition) is 2. The Balaban J connectivity index is 2.39. The molecule has 1 aliphatic rings. The molecule has 0 aromatic heterocycles. The van der Waals surface area contributed by atoms with E-state index in [4.69, 9.17) is 5.73 Å². The average Bonchev–Trinajstić information content (AvgIpc) is 2.50. The normalized spacial score (nSPS) is 27.3. The van der Waals surface area contributed by atoms with Crippen LogP contribution in [-0.2, 0) is 0 Å². The maximum Gasteiger partial charge on any atom is 0.0464 e. The van der Waals surface area contributed by atoms with Gasteiger partial charge in [-0.2, -0.15) is 0 Å². The smallest absolute Gasteiger partial charge is 0.0464 e. The summed E-state index contributed by atoms with van der Waals surface area (Å²) in [6.07, 6.45) is 2.32. The predicted molar refractivity (Wildman–Crippen MR) is 65.7 cm³/mol. The van der Waals surface area contributed by atoms with E-state index < -0.39 is 0 Å². The molecule has 0 radical (unpaired) electrons. The fraction of sp³-hybridized carbons (Fsp3) is 0.833. The van der Waals surface area contributed by atoms with Gasteiger partial charge in [-0.1, -0.05) is 6.58 Å². The first-order chi connectivity index (χ1) is 6.80. The van der Waals surface area contributed by atoms with Crippen molar-refractivity contribution in [3.8, 4) is 0 Å². The van der Waals surface area contributed by atoms with Crippen LogP contribution < -0.4 is 11.1 Å². The summed E-state index contributed by atoms with van der Waals surface area (Å²) in [6.45, 7) is 11.6. The van der Waals surface area contributed by atoms with Gasteiger partial charge in [0.1, 0.15) is 0 Å². The summed E-state index contributed by atoms with van der Waals surface area (Å²) in [7, 11) is 2.17. The number of nitrogens with two attached hydrogens (primary N) is 1. The Bertz CT molecular complexity index is 230. The Hall–Kier alpha value is -0.540. The summed E-state index contributed by atoms with van der Waals surface area (Å²) in [5.41, 5.74) is 6.72. The third kappa shape index (κ3) is 3.50. The Morgan fingerprint density at radius 1 is 1.47 bits per heavy atom. The van der Waals surface area contributed by atoms with Crippen molar-refractivity contribution in [1.29, 1.82) is 0 Å². The summed E-state index contributed by atoms with van der Waals surface area (Å²) in [6, 6.07) is 0.878. The van der Waals surface area contributed by atoms with Crippen molar-refractivity contribution in [2.45, 2.75) is 51.2 Å². The summed E-state index contributed by atoms with van der Waals surface area (Å²) in [5.74, 6) is 0. The zero-order valence-corrected chi connectivity index (χ0v) is 10.5. The van der Waals surface area contributed by atoms with E-state index >= 15 is 0 Å². The van der Waals surface area contributed by atoms with Gasteiger partial charge in [0.15, 0.2) is 0 Å². The van der Waals surface area contributed by atoms with E-state index in [-0.39, 0.29) is 5.54 Å². The monoisotopic (exact) mass is 211 g/mol. The molecule has 0 spiro atoms. The molecule has 88 valence electrons. The third-order valence-corrected chi connectivity index (χ3v) is 3.33. The highest BCUT2D eigenvalue weighted by Gasteiger charge is 2.27. The highest BCUT2D eigenvalue weighted by Crippen LogP contribution is 2.18. The van der Waals surface area contributed by atoms with Crippen molar-refractivity contribution < 1.29 is 0 Å². The summed E-state index contributed by atoms with van der Waals surface area (Å²) in [5, 5.41) is 3.53. The second-order valence-corrected chi connectivity index (χ2v) is 5.62. The van der Waals surface area contributed by atoms with Crippen molar-refractivity contribution in [2.75, 3.05) is 13.6 Å². The van der Waals surface area contributed by atoms with Gasteiger partial charge in [-0.25, -0.2) is 0 Å². The average molecular weight is 211 g/mol. The first-order valence-corrected chi connectivity index (χ1v) is 5.72. The molecule has 0 aromatic carbocycles. The van der Waals surface area contributed by atoms with Crippen molar-refractivity contribution >= 4 is 0 Å². The number of nitrogens with zero attached hydrogens (tertiary/aromatic N) is 1. The lowest BCUT2D eigenvalue weighted by Crippen LogP contribution is -2.46. The van der Waals surface area contributed by atoms with E-state index in [1.807, 2.05) is 0 Å². The largest absolute Gasteiger partial charge is 0.401 e. The molecule has 1 saturated heterocycles. The van der Waals surface area contributed by atoms with E-state index in [1.165, 1.54) is 6.42 Å². The molecule has 2 atom stereocenters. The van der Waals surface area contributed by atoms with Crippen LogP contribution in [0.5, 0.6) is 0 Å². The second kappa shape index (κ2) is 4.54. The maximum atomic E-state index is 5.71. The molecule has 0 saturated carbocycles. The van der Waals surface area contributed by atoms with Gasteiger partial charge in [0.25, 0.3) is 0 Å². The maximum absolute atomic E-state index is 5.71. The van der Waals surface area contributed by atoms with Crippen molar-refractivity contribution in [2.24, 2.45) is 5.73 Å². The third-order valence-electron chi connectivity index (χ3n) is 3.33. The zero-order chi connectivity index (χ0) is 11.6. The fourth-order valence-electron chi connectivity index (χ4n) is 1.86. The summed E-state index contributed by atoms with van der Waals surface area (Å²) >= 11 is 0. The highest BCUT2D eigenvalue weighted by atomic mass is 15.2. The molecule has 15 heavy (non-hydrogen) atoms. The van der Waals surface area contributed by atoms with Gasteiger partial charge in [-0.3, -0.25) is 4.90 Å². The van der Waals surface area contributed by atoms with Crippen LogP contribution in [0, 0.1) is 0 Å². The molecular formula is C12H25N3. The van der Waals surface area contributed by atoms with Crippen LogP contribution in [0.3, 0.4) is 0 Å². The molecule has 1 aliphatic heterocycles. The molecule has 3 nitrogen and oxygen atoms in total. The number of rotatable bonds is 3. The van der Waals surface area contributed by atoms with E-state index in [1.54, 1.807) is 0 Å². The minimum Gasteiger partial charge on any atom is -0.401 e. The number of nitrogens with one attached hydrogen (secondary N) is 1. The van der Waals surface area contributed by atoms with Crippen LogP contribution >= 0.6 is 0 Å². The lowest BCUT2D eigenvalue weighted by molar-refractivity contribution is 0.160. The van der Waals surface area contributed by atoms with Gasteiger partial charge < -0.3 is 11.1 Å². The molecule has 0 aliphatic carbocycles. The van der Waals surface area contributed by atoms with Crippen molar-refractivity contribution in [3.05, 3.63) is 12.3 Å². The predicted octanol–water partition coefficient (Wildman–Crippen LogP) is 1.31. The first kappa shape index (κ1) is 12.5. The first-order valence-electron chi connectivity index (χ1n) is 5.72. The topological polar surface area (TPSA) is 41.3 Å². The molecule has 1 fully saturated rings. The lowest BCUT2D eigenvalue weighted by atomic mass is 10.1. The Morgan fingerprint density at radius 2 is 2.07 bits per heavy atom. The number of likely N-dealkylation sites (N-methyl/N-ethyl adjacent to an activating group) is 1. The van der Waals surface area contributed by atoms with Crippen molar-refractivity contribution in [3.63, 3.8) is 0 Å². The Kier molecular flexibility index (Phi) is 3.79. The summed E-state index contributed by atoms with van der Waals surface area (Å²) in [4.78, 5) is 2.38.